The van der Waals surface area contributed by atoms with Crippen molar-refractivity contribution in [2.75, 3.05) is 14.2 Å². The van der Waals surface area contributed by atoms with E-state index in [9.17, 15) is 24.9 Å². The summed E-state index contributed by atoms with van der Waals surface area (Å²) in [6.07, 6.45) is -2.98. The van der Waals surface area contributed by atoms with Crippen LogP contribution in [-0.2, 0) is 9.53 Å². The van der Waals surface area contributed by atoms with Crippen molar-refractivity contribution in [3.63, 3.8) is 0 Å². The van der Waals surface area contributed by atoms with Gasteiger partial charge in [-0.3, -0.25) is 9.59 Å². The van der Waals surface area contributed by atoms with E-state index in [4.69, 9.17) is 4.74 Å². The van der Waals surface area contributed by atoms with E-state index in [0.29, 0.717) is 6.29 Å². The van der Waals surface area contributed by atoms with E-state index in [-0.39, 0.29) is 22.6 Å². The minimum atomic E-state index is -1.52. The molecule has 110 valence electrons. The molecule has 2 unspecified atom stereocenters. The molecule has 0 aromatic heterocycles. The largest absolute Gasteiger partial charge is 0.504 e. The molecule has 0 heterocycles. The van der Waals surface area contributed by atoms with Gasteiger partial charge >= 0.3 is 5.97 Å². The van der Waals surface area contributed by atoms with Crippen molar-refractivity contribution in [3.8, 4) is 11.5 Å². The van der Waals surface area contributed by atoms with Gasteiger partial charge in [-0.1, -0.05) is 0 Å². The quantitative estimate of drug-likeness (QED) is 0.504. The number of methoxy groups -OCH3 is 2. The van der Waals surface area contributed by atoms with Gasteiger partial charge in [0.15, 0.2) is 17.8 Å². The first-order valence-electron chi connectivity index (χ1n) is 5.73. The van der Waals surface area contributed by atoms with Crippen molar-refractivity contribution in [1.82, 2.24) is 0 Å². The standard InChI is InChI=1S/C13H16O7/c1-19-11-3-7(6-14)8(4-9(11)15)13(18)10(16)5-12(17)20-2/h3-4,6,10,13,15-16,18H,5H2,1-2H3. The Balaban J connectivity index is 3.08. The first kappa shape index (κ1) is 15.9. The van der Waals surface area contributed by atoms with Crippen molar-refractivity contribution in [1.29, 1.82) is 0 Å². The van der Waals surface area contributed by atoms with Gasteiger partial charge in [0.2, 0.25) is 0 Å². The summed E-state index contributed by atoms with van der Waals surface area (Å²) in [5, 5.41) is 29.3. The van der Waals surface area contributed by atoms with Gasteiger partial charge in [0.1, 0.15) is 6.10 Å². The topological polar surface area (TPSA) is 113 Å². The minimum Gasteiger partial charge on any atom is -0.504 e. The maximum atomic E-state index is 11.0. The summed E-state index contributed by atoms with van der Waals surface area (Å²) in [7, 11) is 2.46. The first-order valence-corrected chi connectivity index (χ1v) is 5.73. The molecule has 0 fully saturated rings. The number of aldehydes is 1. The van der Waals surface area contributed by atoms with Crippen LogP contribution in [-0.4, -0.2) is 47.9 Å². The second kappa shape index (κ2) is 6.88. The van der Waals surface area contributed by atoms with E-state index in [1.165, 1.54) is 13.2 Å². The number of ether oxygens (including phenoxy) is 2. The van der Waals surface area contributed by atoms with Gasteiger partial charge in [0.05, 0.1) is 26.7 Å². The van der Waals surface area contributed by atoms with E-state index in [2.05, 4.69) is 4.74 Å². The van der Waals surface area contributed by atoms with E-state index >= 15 is 0 Å². The Morgan fingerprint density at radius 3 is 2.50 bits per heavy atom. The summed E-state index contributed by atoms with van der Waals surface area (Å²) < 4.78 is 9.21. The molecule has 0 spiro atoms. The number of hydrogen-bond donors (Lipinski definition) is 3. The molecule has 0 saturated carbocycles. The minimum absolute atomic E-state index is 0.00490. The summed E-state index contributed by atoms with van der Waals surface area (Å²) in [5.41, 5.74) is 0.0331. The summed E-state index contributed by atoms with van der Waals surface area (Å²) in [6, 6.07) is 2.33. The number of esters is 1. The molecule has 0 saturated heterocycles. The van der Waals surface area contributed by atoms with E-state index in [1.807, 2.05) is 0 Å². The number of phenolic OH excluding ortho intramolecular Hbond substituents is 1. The highest BCUT2D eigenvalue weighted by atomic mass is 16.5. The van der Waals surface area contributed by atoms with E-state index in [1.54, 1.807) is 0 Å². The molecule has 0 aliphatic heterocycles. The number of aromatic hydroxyl groups is 1. The van der Waals surface area contributed by atoms with Crippen LogP contribution >= 0.6 is 0 Å². The third kappa shape index (κ3) is 3.46. The molecular weight excluding hydrogens is 268 g/mol. The first-order chi connectivity index (χ1) is 9.44. The SMILES string of the molecule is COC(=O)CC(O)C(O)c1cc(O)c(OC)cc1C=O. The Bertz CT molecular complexity index is 498. The number of aliphatic hydroxyl groups excluding tert-OH is 2. The summed E-state index contributed by atoms with van der Waals surface area (Å²) in [4.78, 5) is 22.0. The highest BCUT2D eigenvalue weighted by Gasteiger charge is 2.25. The van der Waals surface area contributed by atoms with Crippen molar-refractivity contribution < 1.29 is 34.4 Å². The molecule has 1 rings (SSSR count). The Kier molecular flexibility index (Phi) is 5.48. The second-order valence-corrected chi connectivity index (χ2v) is 4.06. The zero-order chi connectivity index (χ0) is 15.3. The van der Waals surface area contributed by atoms with Crippen LogP contribution in [0.5, 0.6) is 11.5 Å². The molecule has 20 heavy (non-hydrogen) atoms. The third-order valence-electron chi connectivity index (χ3n) is 2.80. The van der Waals surface area contributed by atoms with Gasteiger partial charge < -0.3 is 24.8 Å². The molecule has 0 amide bonds. The smallest absolute Gasteiger partial charge is 0.308 e. The van der Waals surface area contributed by atoms with Gasteiger partial charge in [-0.05, 0) is 17.7 Å². The molecule has 0 radical (unpaired) electrons. The van der Waals surface area contributed by atoms with Crippen molar-refractivity contribution in [3.05, 3.63) is 23.3 Å². The van der Waals surface area contributed by atoms with Crippen LogP contribution in [0.4, 0.5) is 0 Å². The maximum Gasteiger partial charge on any atom is 0.308 e. The average molecular weight is 284 g/mol. The molecule has 0 aliphatic rings. The zero-order valence-electron chi connectivity index (χ0n) is 11.1. The normalized spacial score (nSPS) is 13.4. The molecule has 2 atom stereocenters. The number of rotatable bonds is 6. The third-order valence-corrected chi connectivity index (χ3v) is 2.80. The Morgan fingerprint density at radius 1 is 1.35 bits per heavy atom. The molecule has 7 heteroatoms. The van der Waals surface area contributed by atoms with Crippen LogP contribution in [0.3, 0.4) is 0 Å². The lowest BCUT2D eigenvalue weighted by Crippen LogP contribution is -2.23. The van der Waals surface area contributed by atoms with Gasteiger partial charge in [-0.2, -0.15) is 0 Å². The lowest BCUT2D eigenvalue weighted by Gasteiger charge is -2.19. The van der Waals surface area contributed by atoms with Gasteiger partial charge in [-0.15, -0.1) is 0 Å². The fourth-order valence-electron chi connectivity index (χ4n) is 1.69. The van der Waals surface area contributed by atoms with Gasteiger partial charge in [0.25, 0.3) is 0 Å². The fourth-order valence-corrected chi connectivity index (χ4v) is 1.69. The van der Waals surface area contributed by atoms with Crippen LogP contribution < -0.4 is 4.74 Å². The molecule has 3 N–H and O–H groups in total. The number of hydrogen-bond acceptors (Lipinski definition) is 7. The zero-order valence-corrected chi connectivity index (χ0v) is 11.1. The Hall–Kier alpha value is -2.12. The lowest BCUT2D eigenvalue weighted by atomic mass is 9.97. The molecule has 1 aromatic carbocycles. The van der Waals surface area contributed by atoms with Crippen LogP contribution in [0.15, 0.2) is 12.1 Å². The predicted molar refractivity (Wildman–Crippen MR) is 67.6 cm³/mol. The highest BCUT2D eigenvalue weighted by Crippen LogP contribution is 2.33. The number of carbonyl (C=O) groups is 2. The average Bonchev–Trinajstić information content (AvgIpc) is 2.45. The summed E-state index contributed by atoms with van der Waals surface area (Å²) in [6.45, 7) is 0. The highest BCUT2D eigenvalue weighted by molar-refractivity contribution is 5.79. The summed E-state index contributed by atoms with van der Waals surface area (Å²) >= 11 is 0. The summed E-state index contributed by atoms with van der Waals surface area (Å²) in [5.74, 6) is -0.940. The predicted octanol–water partition coefficient (Wildman–Crippen LogP) is 0.171. The van der Waals surface area contributed by atoms with Crippen LogP contribution in [0, 0.1) is 0 Å². The van der Waals surface area contributed by atoms with Crippen molar-refractivity contribution >= 4 is 12.3 Å². The Labute approximate surface area is 115 Å². The van der Waals surface area contributed by atoms with Crippen LogP contribution in [0.1, 0.15) is 28.4 Å². The van der Waals surface area contributed by atoms with Gasteiger partial charge in [-0.25, -0.2) is 0 Å². The van der Waals surface area contributed by atoms with Crippen LogP contribution in [0.25, 0.3) is 0 Å². The molecule has 7 nitrogen and oxygen atoms in total. The van der Waals surface area contributed by atoms with E-state index < -0.39 is 24.6 Å². The monoisotopic (exact) mass is 284 g/mol. The molecular formula is C13H16O7. The molecule has 0 bridgehead atoms. The molecule has 0 aliphatic carbocycles. The van der Waals surface area contributed by atoms with E-state index in [0.717, 1.165) is 13.2 Å². The lowest BCUT2D eigenvalue weighted by molar-refractivity contribution is -0.144. The van der Waals surface area contributed by atoms with Gasteiger partial charge in [0, 0.05) is 5.56 Å². The number of aliphatic hydroxyl groups is 2. The number of carbonyl (C=O) groups excluding carboxylic acids is 2. The van der Waals surface area contributed by atoms with Crippen molar-refractivity contribution in [2.45, 2.75) is 18.6 Å². The Morgan fingerprint density at radius 2 is 2.00 bits per heavy atom. The molecule has 1 aromatic rings. The second-order valence-electron chi connectivity index (χ2n) is 4.06. The maximum absolute atomic E-state index is 11.0. The van der Waals surface area contributed by atoms with Crippen LogP contribution in [0.2, 0.25) is 0 Å². The number of phenols is 1. The van der Waals surface area contributed by atoms with Crippen molar-refractivity contribution in [2.24, 2.45) is 0 Å². The fraction of sp³-hybridized carbons (Fsp3) is 0.385. The number of benzene rings is 1.